The molecule has 0 aliphatic rings. The van der Waals surface area contributed by atoms with Crippen LogP contribution in [0.1, 0.15) is 0 Å². The van der Waals surface area contributed by atoms with Crippen LogP contribution in [0.3, 0.4) is 0 Å². The molecule has 0 spiro atoms. The van der Waals surface area contributed by atoms with Gasteiger partial charge in [0.25, 0.3) is 9.07 Å². The fraction of sp³-hybridized carbons (Fsp3) is 0. The van der Waals surface area contributed by atoms with Crippen molar-refractivity contribution in [2.45, 2.75) is 0 Å². The Hall–Kier alpha value is 1.52. The molecule has 1 atom stereocenters. The molecule has 0 saturated heterocycles. The molecule has 0 bridgehead atoms. The third kappa shape index (κ3) is 29.6. The van der Waals surface area contributed by atoms with Gasteiger partial charge in [-0.3, -0.25) is 0 Å². The second kappa shape index (κ2) is 17.8. The van der Waals surface area contributed by atoms with Gasteiger partial charge < -0.3 is 4.46 Å². The standard InChI is InChI=1S/Al.GeH4.H3OPSi.3H/c;;1-3-2;;;/h;1H4;3H,2H2;;;. The van der Waals surface area contributed by atoms with Gasteiger partial charge in [-0.15, -0.1) is 0 Å². The fourth-order valence-corrected chi connectivity index (χ4v) is 0. The predicted molar refractivity (Wildman–Crippen MR) is 38.8 cm³/mol. The molecule has 0 rings (SSSR count). The first-order valence-corrected chi connectivity index (χ1v) is 3.71. The summed E-state index contributed by atoms with van der Waals surface area (Å²) in [5.74, 6) is 0. The van der Waals surface area contributed by atoms with E-state index in [0.29, 0.717) is 0 Å². The van der Waals surface area contributed by atoms with Crippen LogP contribution in [-0.4, -0.2) is 44.0 Å². The average Bonchev–Trinajstić information content (AvgIpc) is 0.918. The Bertz CT molecular complexity index is 19.1. The van der Waals surface area contributed by atoms with Crippen molar-refractivity contribution >= 4 is 52.8 Å². The third-order valence-corrected chi connectivity index (χ3v) is 0. The molecule has 5 heteroatoms. The Labute approximate surface area is 57.3 Å². The van der Waals surface area contributed by atoms with Crippen molar-refractivity contribution in [2.75, 3.05) is 0 Å². The molecule has 0 aliphatic heterocycles. The molecule has 0 N–H and O–H groups in total. The molecule has 32 valence electrons. The van der Waals surface area contributed by atoms with Gasteiger partial charge in [0.1, 0.15) is 0 Å². The van der Waals surface area contributed by atoms with Gasteiger partial charge in [0.2, 0.25) is 0 Å². The van der Waals surface area contributed by atoms with E-state index >= 15 is 0 Å². The summed E-state index contributed by atoms with van der Waals surface area (Å²) in [6.45, 7) is 0. The first kappa shape index (κ1) is 16.0. The molecule has 1 nitrogen and oxygen atoms in total. The maximum atomic E-state index is 8.98. The van der Waals surface area contributed by atoms with Crippen LogP contribution in [0.4, 0.5) is 0 Å². The molecule has 1 unspecified atom stereocenters. The zero-order valence-electron chi connectivity index (χ0n) is 1.56. The van der Waals surface area contributed by atoms with Crippen LogP contribution in [0.2, 0.25) is 0 Å². The van der Waals surface area contributed by atoms with Crippen LogP contribution in [0.5, 0.6) is 0 Å². The third-order valence-electron chi connectivity index (χ3n) is 0. The van der Waals surface area contributed by atoms with Crippen molar-refractivity contribution in [1.82, 2.24) is 0 Å². The fourth-order valence-electron chi connectivity index (χ4n) is 0. The minimum atomic E-state index is -0.583. The van der Waals surface area contributed by atoms with Crippen LogP contribution < -0.4 is 0 Å². The van der Waals surface area contributed by atoms with Gasteiger partial charge in [-0.2, -0.15) is 0 Å². The van der Waals surface area contributed by atoms with Crippen molar-refractivity contribution in [3.05, 3.63) is 0 Å². The SMILES string of the molecule is O=[SiH]P.[AlH3].[GeH4]. The van der Waals surface area contributed by atoms with E-state index in [-0.39, 0.29) is 35.0 Å². The number of hydrogen-bond donors (Lipinski definition) is 0. The van der Waals surface area contributed by atoms with Gasteiger partial charge in [-0.1, -0.05) is 8.79 Å². The van der Waals surface area contributed by atoms with Crippen LogP contribution >= 0.6 is 8.79 Å². The maximum absolute atomic E-state index is 8.98. The summed E-state index contributed by atoms with van der Waals surface area (Å²) in [6.07, 6.45) is 0. The quantitative estimate of drug-likeness (QED) is 0.289. The van der Waals surface area contributed by atoms with Crippen molar-refractivity contribution < 1.29 is 4.46 Å². The van der Waals surface area contributed by atoms with Gasteiger partial charge in [0, 0.05) is 0 Å². The summed E-state index contributed by atoms with van der Waals surface area (Å²) >= 11 is 0. The van der Waals surface area contributed by atoms with Crippen LogP contribution in [0, 0.1) is 0 Å². The van der Waals surface area contributed by atoms with E-state index in [4.69, 9.17) is 4.46 Å². The number of hydrogen-bond acceptors (Lipinski definition) is 1. The molecule has 0 radical (unpaired) electrons. The monoisotopic (exact) mass is 186 g/mol. The second-order valence-corrected chi connectivity index (χ2v) is 1.22. The molecule has 0 saturated carbocycles. The minimum absolute atomic E-state index is 0. The topological polar surface area (TPSA) is 17.1 Å². The summed E-state index contributed by atoms with van der Waals surface area (Å²) in [5.41, 5.74) is 0. The molecule has 0 aromatic heterocycles. The second-order valence-electron chi connectivity index (χ2n) is 0.136. The van der Waals surface area contributed by atoms with Gasteiger partial charge in [-0.25, -0.2) is 0 Å². The molecule has 0 aromatic rings. The van der Waals surface area contributed by atoms with Crippen molar-refractivity contribution in [1.29, 1.82) is 0 Å². The van der Waals surface area contributed by atoms with Crippen LogP contribution in [0.25, 0.3) is 0 Å². The Morgan fingerprint density at radius 3 is 1.60 bits per heavy atom. The molecular weight excluding hydrogens is 175 g/mol. The normalized spacial score (nSPS) is 2.60. The molecule has 0 amide bonds. The zero-order chi connectivity index (χ0) is 2.71. The van der Waals surface area contributed by atoms with Gasteiger partial charge in [0.15, 0.2) is 17.4 Å². The first-order chi connectivity index (χ1) is 1.41. The first-order valence-electron chi connectivity index (χ1n) is 0.569. The molecule has 0 heterocycles. The van der Waals surface area contributed by atoms with Gasteiger partial charge in [0.05, 0.1) is 0 Å². The van der Waals surface area contributed by atoms with Crippen LogP contribution in [-0.2, 0) is 4.46 Å². The Morgan fingerprint density at radius 1 is 1.60 bits per heavy atom. The Balaban J connectivity index is -0.0000000200. The van der Waals surface area contributed by atoms with E-state index < -0.39 is 9.07 Å². The van der Waals surface area contributed by atoms with Gasteiger partial charge in [-0.05, 0) is 0 Å². The molecule has 5 heavy (non-hydrogen) atoms. The van der Waals surface area contributed by atoms with Crippen molar-refractivity contribution in [3.8, 4) is 0 Å². The number of rotatable bonds is 0. The van der Waals surface area contributed by atoms with E-state index in [1.807, 2.05) is 0 Å². The summed E-state index contributed by atoms with van der Waals surface area (Å²) in [7, 11) is 1.52. The summed E-state index contributed by atoms with van der Waals surface area (Å²) in [5, 5.41) is 0. The summed E-state index contributed by atoms with van der Waals surface area (Å²) in [6, 6.07) is 0. The van der Waals surface area contributed by atoms with E-state index in [1.165, 1.54) is 0 Å². The Kier molecular flexibility index (Phi) is 56.9. The van der Waals surface area contributed by atoms with Crippen LogP contribution in [0.15, 0.2) is 0 Å². The van der Waals surface area contributed by atoms with E-state index in [9.17, 15) is 0 Å². The predicted octanol–water partition coefficient (Wildman–Crippen LogP) is -3.08. The Morgan fingerprint density at radius 2 is 1.60 bits per heavy atom. The van der Waals surface area contributed by atoms with Crippen molar-refractivity contribution in [3.63, 3.8) is 0 Å². The molecule has 0 aromatic carbocycles. The van der Waals surface area contributed by atoms with E-state index in [1.54, 1.807) is 0 Å². The summed E-state index contributed by atoms with van der Waals surface area (Å²) < 4.78 is 8.98. The molecule has 0 aliphatic carbocycles. The molecular formula is H10AlGeOPSi. The van der Waals surface area contributed by atoms with Crippen molar-refractivity contribution in [2.24, 2.45) is 0 Å². The van der Waals surface area contributed by atoms with E-state index in [2.05, 4.69) is 8.79 Å². The molecule has 0 fully saturated rings. The zero-order valence-corrected chi connectivity index (χ0v) is 3.87. The van der Waals surface area contributed by atoms with Gasteiger partial charge >= 0.3 is 17.6 Å². The average molecular weight is 185 g/mol. The van der Waals surface area contributed by atoms with E-state index in [0.717, 1.165) is 0 Å². The summed E-state index contributed by atoms with van der Waals surface area (Å²) in [4.78, 5) is 0.